The van der Waals surface area contributed by atoms with Crippen molar-refractivity contribution in [1.82, 2.24) is 0 Å². The van der Waals surface area contributed by atoms with E-state index in [1.165, 1.54) is 6.26 Å². The van der Waals surface area contributed by atoms with Gasteiger partial charge < -0.3 is 10.6 Å². The number of nitrogens with zero attached hydrogens (tertiary/aromatic N) is 1. The molecule has 1 heterocycles. The van der Waals surface area contributed by atoms with Gasteiger partial charge in [0.2, 0.25) is 0 Å². The number of anilines is 1. The van der Waals surface area contributed by atoms with Crippen molar-refractivity contribution in [2.75, 3.05) is 24.2 Å². The van der Waals surface area contributed by atoms with Crippen molar-refractivity contribution in [3.05, 3.63) is 24.3 Å². The average Bonchev–Trinajstić information content (AvgIpc) is 2.75. The molecular formula is C12H18N2O2S. The van der Waals surface area contributed by atoms with E-state index in [0.717, 1.165) is 25.1 Å². The number of nitrogens with two attached hydrogens (primary N) is 1. The quantitative estimate of drug-likeness (QED) is 0.874. The van der Waals surface area contributed by atoms with Gasteiger partial charge in [-0.15, -0.1) is 0 Å². The molecule has 0 aromatic heterocycles. The molecule has 0 amide bonds. The lowest BCUT2D eigenvalue weighted by molar-refractivity contribution is 0.600. The highest BCUT2D eigenvalue weighted by Gasteiger charge is 2.27. The fourth-order valence-corrected chi connectivity index (χ4v) is 3.30. The molecule has 1 unspecified atom stereocenters. The largest absolute Gasteiger partial charge is 0.366 e. The van der Waals surface area contributed by atoms with Crippen LogP contribution in [0.1, 0.15) is 12.8 Å². The first-order valence-electron chi connectivity index (χ1n) is 5.80. The summed E-state index contributed by atoms with van der Waals surface area (Å²) in [6.07, 6.45) is 3.36. The zero-order valence-corrected chi connectivity index (χ0v) is 10.8. The third kappa shape index (κ3) is 2.45. The summed E-state index contributed by atoms with van der Waals surface area (Å²) in [6.45, 7) is 1.45. The van der Waals surface area contributed by atoms with Crippen LogP contribution < -0.4 is 10.6 Å². The van der Waals surface area contributed by atoms with Crippen molar-refractivity contribution < 1.29 is 8.42 Å². The van der Waals surface area contributed by atoms with E-state index in [0.29, 0.717) is 11.4 Å². The van der Waals surface area contributed by atoms with Gasteiger partial charge in [-0.25, -0.2) is 8.42 Å². The fraction of sp³-hybridized carbons (Fsp3) is 0.500. The predicted molar refractivity (Wildman–Crippen MR) is 69.0 cm³/mol. The molecule has 1 aliphatic heterocycles. The van der Waals surface area contributed by atoms with Crippen molar-refractivity contribution in [2.45, 2.75) is 23.8 Å². The summed E-state index contributed by atoms with van der Waals surface area (Å²) in [5.41, 5.74) is 6.52. The molecule has 1 fully saturated rings. The van der Waals surface area contributed by atoms with E-state index >= 15 is 0 Å². The van der Waals surface area contributed by atoms with E-state index in [1.54, 1.807) is 12.1 Å². The summed E-state index contributed by atoms with van der Waals surface area (Å²) < 4.78 is 23.5. The third-order valence-electron chi connectivity index (χ3n) is 3.22. The van der Waals surface area contributed by atoms with Gasteiger partial charge in [0.05, 0.1) is 10.6 Å². The van der Waals surface area contributed by atoms with E-state index in [-0.39, 0.29) is 6.04 Å². The van der Waals surface area contributed by atoms with Crippen LogP contribution >= 0.6 is 0 Å². The molecule has 0 radical (unpaired) electrons. The smallest absolute Gasteiger partial charge is 0.177 e. The van der Waals surface area contributed by atoms with E-state index in [9.17, 15) is 8.42 Å². The zero-order valence-electron chi connectivity index (χ0n) is 9.96. The Morgan fingerprint density at radius 2 is 2.12 bits per heavy atom. The van der Waals surface area contributed by atoms with Gasteiger partial charge in [-0.3, -0.25) is 0 Å². The Labute approximate surface area is 102 Å². The van der Waals surface area contributed by atoms with Crippen molar-refractivity contribution >= 4 is 15.5 Å². The van der Waals surface area contributed by atoms with E-state index in [1.807, 2.05) is 12.1 Å². The van der Waals surface area contributed by atoms with Gasteiger partial charge in [0.25, 0.3) is 0 Å². The summed E-state index contributed by atoms with van der Waals surface area (Å²) in [7, 11) is -3.19. The molecule has 5 heteroatoms. The lowest BCUT2D eigenvalue weighted by Gasteiger charge is -2.27. The second kappa shape index (κ2) is 4.66. The van der Waals surface area contributed by atoms with Crippen molar-refractivity contribution in [3.8, 4) is 0 Å². The Bertz CT molecular complexity index is 499. The maximum absolute atomic E-state index is 11.7. The Kier molecular flexibility index (Phi) is 3.40. The molecule has 1 aromatic rings. The minimum Gasteiger partial charge on any atom is -0.366 e. The van der Waals surface area contributed by atoms with Crippen LogP contribution in [-0.2, 0) is 9.84 Å². The molecule has 0 saturated carbocycles. The molecule has 17 heavy (non-hydrogen) atoms. The van der Waals surface area contributed by atoms with Crippen molar-refractivity contribution in [1.29, 1.82) is 0 Å². The summed E-state index contributed by atoms with van der Waals surface area (Å²) in [5, 5.41) is 0. The normalized spacial score (nSPS) is 20.8. The van der Waals surface area contributed by atoms with Crippen molar-refractivity contribution in [2.24, 2.45) is 5.73 Å². The highest BCUT2D eigenvalue weighted by molar-refractivity contribution is 7.90. The minimum atomic E-state index is -3.19. The van der Waals surface area contributed by atoms with Gasteiger partial charge in [-0.05, 0) is 25.0 Å². The molecule has 1 saturated heterocycles. The molecule has 2 N–H and O–H groups in total. The molecule has 4 nitrogen and oxygen atoms in total. The summed E-state index contributed by atoms with van der Waals surface area (Å²) in [4.78, 5) is 2.52. The molecule has 0 aliphatic carbocycles. The topological polar surface area (TPSA) is 63.4 Å². The van der Waals surface area contributed by atoms with Crippen molar-refractivity contribution in [3.63, 3.8) is 0 Å². The number of hydrogen-bond acceptors (Lipinski definition) is 4. The maximum atomic E-state index is 11.7. The molecule has 0 bridgehead atoms. The minimum absolute atomic E-state index is 0.262. The van der Waals surface area contributed by atoms with E-state index in [2.05, 4.69) is 4.90 Å². The number of benzene rings is 1. The Morgan fingerprint density at radius 3 is 2.76 bits per heavy atom. The zero-order chi connectivity index (χ0) is 12.5. The monoisotopic (exact) mass is 254 g/mol. The van der Waals surface area contributed by atoms with Gasteiger partial charge >= 0.3 is 0 Å². The third-order valence-corrected chi connectivity index (χ3v) is 4.37. The van der Waals surface area contributed by atoms with Crippen LogP contribution in [0.5, 0.6) is 0 Å². The SMILES string of the molecule is CS(=O)(=O)c1ccccc1N1CCCC1CN. The van der Waals surface area contributed by atoms with Crippen LogP contribution in [0.2, 0.25) is 0 Å². The molecule has 0 spiro atoms. The highest BCUT2D eigenvalue weighted by atomic mass is 32.2. The summed E-state index contributed by atoms with van der Waals surface area (Å²) in [6, 6.07) is 7.42. The summed E-state index contributed by atoms with van der Waals surface area (Å²) >= 11 is 0. The van der Waals surface area contributed by atoms with E-state index < -0.39 is 9.84 Å². The molecule has 1 aromatic carbocycles. The van der Waals surface area contributed by atoms with Crippen LogP contribution in [0.25, 0.3) is 0 Å². The van der Waals surface area contributed by atoms with Crippen LogP contribution in [0.3, 0.4) is 0 Å². The van der Waals surface area contributed by atoms with Crippen LogP contribution in [0.15, 0.2) is 29.2 Å². The van der Waals surface area contributed by atoms with Gasteiger partial charge in [0.1, 0.15) is 0 Å². The van der Waals surface area contributed by atoms with Gasteiger partial charge in [0, 0.05) is 25.4 Å². The Morgan fingerprint density at radius 1 is 1.41 bits per heavy atom. The average molecular weight is 254 g/mol. The standard InChI is InChI=1S/C12H18N2O2S/c1-17(15,16)12-7-3-2-6-11(12)14-8-4-5-10(14)9-13/h2-3,6-7,10H,4-5,8-9,13H2,1H3. The number of rotatable bonds is 3. The maximum Gasteiger partial charge on any atom is 0.177 e. The first-order valence-corrected chi connectivity index (χ1v) is 7.69. The second-order valence-electron chi connectivity index (χ2n) is 4.47. The molecular weight excluding hydrogens is 236 g/mol. The van der Waals surface area contributed by atoms with Crippen LogP contribution in [-0.4, -0.2) is 33.8 Å². The number of sulfone groups is 1. The van der Waals surface area contributed by atoms with E-state index in [4.69, 9.17) is 5.73 Å². The highest BCUT2D eigenvalue weighted by Crippen LogP contribution is 2.30. The lowest BCUT2D eigenvalue weighted by atomic mass is 10.2. The Balaban J connectivity index is 2.45. The van der Waals surface area contributed by atoms with Crippen LogP contribution in [0, 0.1) is 0 Å². The number of para-hydroxylation sites is 1. The van der Waals surface area contributed by atoms with Gasteiger partial charge in [-0.1, -0.05) is 12.1 Å². The van der Waals surface area contributed by atoms with Gasteiger partial charge in [-0.2, -0.15) is 0 Å². The predicted octanol–water partition coefficient (Wildman–Crippen LogP) is 1.02. The number of hydrogen-bond donors (Lipinski definition) is 1. The summed E-state index contributed by atoms with van der Waals surface area (Å²) in [5.74, 6) is 0. The lowest BCUT2D eigenvalue weighted by Crippen LogP contribution is -2.36. The first kappa shape index (κ1) is 12.4. The molecule has 1 aliphatic rings. The second-order valence-corrected chi connectivity index (χ2v) is 6.45. The van der Waals surface area contributed by atoms with Crippen LogP contribution in [0.4, 0.5) is 5.69 Å². The molecule has 2 rings (SSSR count). The molecule has 94 valence electrons. The molecule has 1 atom stereocenters. The first-order chi connectivity index (χ1) is 8.04. The van der Waals surface area contributed by atoms with Gasteiger partial charge in [0.15, 0.2) is 9.84 Å². The fourth-order valence-electron chi connectivity index (χ4n) is 2.41. The Hall–Kier alpha value is -1.07.